The van der Waals surface area contributed by atoms with Gasteiger partial charge >= 0.3 is 5.69 Å². The minimum atomic E-state index is 0.169. The lowest BCUT2D eigenvalue weighted by molar-refractivity contribution is 0.367. The molecule has 2 fully saturated rings. The molecule has 4 heteroatoms. The van der Waals surface area contributed by atoms with Crippen LogP contribution in [0.2, 0.25) is 0 Å². The Balaban J connectivity index is 1.49. The van der Waals surface area contributed by atoms with E-state index in [4.69, 9.17) is 0 Å². The molecule has 0 radical (unpaired) electrons. The summed E-state index contributed by atoms with van der Waals surface area (Å²) in [5.41, 5.74) is 0.169. The number of hydrogen-bond donors (Lipinski definition) is 1. The Morgan fingerprint density at radius 1 is 1.11 bits per heavy atom. The van der Waals surface area contributed by atoms with Crippen molar-refractivity contribution in [2.75, 3.05) is 6.54 Å². The Labute approximate surface area is 108 Å². The van der Waals surface area contributed by atoms with Crippen LogP contribution in [0, 0.1) is 0 Å². The molecule has 2 aliphatic rings. The van der Waals surface area contributed by atoms with Crippen LogP contribution in [0.1, 0.15) is 51.0 Å². The summed E-state index contributed by atoms with van der Waals surface area (Å²) in [4.78, 5) is 12.0. The zero-order chi connectivity index (χ0) is 12.4. The average Bonchev–Trinajstić information content (AvgIpc) is 3.17. The fraction of sp³-hybridized carbons (Fsp3) is 0.786. The molecule has 100 valence electrons. The molecule has 2 aliphatic carbocycles. The van der Waals surface area contributed by atoms with Crippen LogP contribution in [0.3, 0.4) is 0 Å². The van der Waals surface area contributed by atoms with Crippen LogP contribution < -0.4 is 11.0 Å². The van der Waals surface area contributed by atoms with Gasteiger partial charge in [0.1, 0.15) is 0 Å². The summed E-state index contributed by atoms with van der Waals surface area (Å²) in [6.45, 7) is 1.72. The highest BCUT2D eigenvalue weighted by molar-refractivity contribution is 4.91. The molecule has 1 N–H and O–H groups in total. The van der Waals surface area contributed by atoms with Gasteiger partial charge in [-0.3, -0.25) is 9.13 Å². The SMILES string of the molecule is O=c1n(CCNC2CCCCC2)ccn1C1CC1. The Bertz CT molecular complexity index is 438. The number of nitrogens with one attached hydrogen (secondary N) is 1. The monoisotopic (exact) mass is 249 g/mol. The zero-order valence-electron chi connectivity index (χ0n) is 11.0. The van der Waals surface area contributed by atoms with Gasteiger partial charge < -0.3 is 5.32 Å². The topological polar surface area (TPSA) is 39.0 Å². The number of imidazole rings is 1. The molecule has 4 nitrogen and oxygen atoms in total. The standard InChI is InChI=1S/C14H23N3O/c18-14-16(10-11-17(14)13-6-7-13)9-8-15-12-4-2-1-3-5-12/h10-13,15H,1-9H2. The number of aromatic nitrogens is 2. The van der Waals surface area contributed by atoms with Crippen LogP contribution in [-0.2, 0) is 6.54 Å². The minimum absolute atomic E-state index is 0.169. The van der Waals surface area contributed by atoms with Gasteiger partial charge in [-0.25, -0.2) is 4.79 Å². The van der Waals surface area contributed by atoms with Crippen molar-refractivity contribution in [2.24, 2.45) is 0 Å². The van der Waals surface area contributed by atoms with E-state index in [1.807, 2.05) is 21.5 Å². The smallest absolute Gasteiger partial charge is 0.312 e. The van der Waals surface area contributed by atoms with Gasteiger partial charge in [-0.05, 0) is 25.7 Å². The van der Waals surface area contributed by atoms with E-state index < -0.39 is 0 Å². The number of hydrogen-bond acceptors (Lipinski definition) is 2. The van der Waals surface area contributed by atoms with Gasteiger partial charge in [-0.15, -0.1) is 0 Å². The first-order valence-corrected chi connectivity index (χ1v) is 7.35. The largest absolute Gasteiger partial charge is 0.328 e. The maximum absolute atomic E-state index is 12.0. The lowest BCUT2D eigenvalue weighted by Crippen LogP contribution is -2.35. The van der Waals surface area contributed by atoms with Crippen LogP contribution in [0.5, 0.6) is 0 Å². The lowest BCUT2D eigenvalue weighted by Gasteiger charge is -2.22. The molecule has 2 saturated carbocycles. The third kappa shape index (κ3) is 2.69. The van der Waals surface area contributed by atoms with Gasteiger partial charge in [0.2, 0.25) is 0 Å². The summed E-state index contributed by atoms with van der Waals surface area (Å²) in [5.74, 6) is 0. The van der Waals surface area contributed by atoms with E-state index in [0.29, 0.717) is 12.1 Å². The highest BCUT2D eigenvalue weighted by Crippen LogP contribution is 2.33. The van der Waals surface area contributed by atoms with Gasteiger partial charge in [0, 0.05) is 37.6 Å². The summed E-state index contributed by atoms with van der Waals surface area (Å²) in [7, 11) is 0. The van der Waals surface area contributed by atoms with E-state index in [-0.39, 0.29) is 5.69 Å². The van der Waals surface area contributed by atoms with Gasteiger partial charge in [-0.1, -0.05) is 19.3 Å². The van der Waals surface area contributed by atoms with Crippen molar-refractivity contribution in [3.63, 3.8) is 0 Å². The van der Waals surface area contributed by atoms with E-state index in [9.17, 15) is 4.79 Å². The Kier molecular flexibility index (Phi) is 3.55. The van der Waals surface area contributed by atoms with Crippen LogP contribution in [0.4, 0.5) is 0 Å². The second-order valence-corrected chi connectivity index (χ2v) is 5.70. The molecule has 0 bridgehead atoms. The second-order valence-electron chi connectivity index (χ2n) is 5.70. The van der Waals surface area contributed by atoms with Crippen LogP contribution in [-0.4, -0.2) is 21.7 Å². The first-order valence-electron chi connectivity index (χ1n) is 7.35. The molecule has 0 amide bonds. The molecule has 0 aromatic carbocycles. The quantitative estimate of drug-likeness (QED) is 0.865. The number of nitrogens with zero attached hydrogens (tertiary/aromatic N) is 2. The predicted octanol–water partition coefficient (Wildman–Crippen LogP) is 1.91. The molecule has 0 spiro atoms. The summed E-state index contributed by atoms with van der Waals surface area (Å²) < 4.78 is 3.73. The van der Waals surface area contributed by atoms with Crippen LogP contribution >= 0.6 is 0 Å². The normalized spacial score (nSPS) is 21.3. The molecule has 3 rings (SSSR count). The van der Waals surface area contributed by atoms with E-state index in [0.717, 1.165) is 13.1 Å². The summed E-state index contributed by atoms with van der Waals surface area (Å²) in [6.07, 6.45) is 12.9. The van der Waals surface area contributed by atoms with Gasteiger partial charge in [-0.2, -0.15) is 0 Å². The average molecular weight is 249 g/mol. The van der Waals surface area contributed by atoms with Gasteiger partial charge in [0.25, 0.3) is 0 Å². The fourth-order valence-corrected chi connectivity index (χ4v) is 2.92. The second kappa shape index (κ2) is 5.31. The first kappa shape index (κ1) is 12.0. The predicted molar refractivity (Wildman–Crippen MR) is 71.8 cm³/mol. The van der Waals surface area contributed by atoms with Crippen LogP contribution in [0.15, 0.2) is 17.2 Å². The van der Waals surface area contributed by atoms with E-state index >= 15 is 0 Å². The maximum atomic E-state index is 12.0. The molecule has 0 saturated heterocycles. The van der Waals surface area contributed by atoms with E-state index in [1.54, 1.807) is 0 Å². The first-order chi connectivity index (χ1) is 8.84. The molecule has 0 aliphatic heterocycles. The van der Waals surface area contributed by atoms with Crippen molar-refractivity contribution in [1.29, 1.82) is 0 Å². The van der Waals surface area contributed by atoms with Crippen molar-refractivity contribution in [1.82, 2.24) is 14.5 Å². The zero-order valence-corrected chi connectivity index (χ0v) is 11.0. The van der Waals surface area contributed by atoms with Crippen molar-refractivity contribution in [3.8, 4) is 0 Å². The third-order valence-electron chi connectivity index (χ3n) is 4.20. The van der Waals surface area contributed by atoms with Gasteiger partial charge in [0.15, 0.2) is 0 Å². The molecular formula is C14H23N3O. The molecule has 1 aromatic rings. The molecule has 1 heterocycles. The summed E-state index contributed by atoms with van der Waals surface area (Å²) in [5, 5.41) is 3.58. The summed E-state index contributed by atoms with van der Waals surface area (Å²) >= 11 is 0. The fourth-order valence-electron chi connectivity index (χ4n) is 2.92. The maximum Gasteiger partial charge on any atom is 0.328 e. The van der Waals surface area contributed by atoms with Crippen molar-refractivity contribution >= 4 is 0 Å². The van der Waals surface area contributed by atoms with Crippen molar-refractivity contribution in [3.05, 3.63) is 22.9 Å². The highest BCUT2D eigenvalue weighted by atomic mass is 16.1. The molecule has 18 heavy (non-hydrogen) atoms. The highest BCUT2D eigenvalue weighted by Gasteiger charge is 2.25. The Hall–Kier alpha value is -1.03. The molecule has 1 aromatic heterocycles. The minimum Gasteiger partial charge on any atom is -0.312 e. The molecule has 0 unspecified atom stereocenters. The third-order valence-corrected chi connectivity index (χ3v) is 4.20. The lowest BCUT2D eigenvalue weighted by atomic mass is 9.95. The number of rotatable bonds is 5. The van der Waals surface area contributed by atoms with Gasteiger partial charge in [0.05, 0.1) is 0 Å². The van der Waals surface area contributed by atoms with Crippen molar-refractivity contribution < 1.29 is 0 Å². The molecular weight excluding hydrogens is 226 g/mol. The molecule has 0 atom stereocenters. The van der Waals surface area contributed by atoms with Crippen LogP contribution in [0.25, 0.3) is 0 Å². The van der Waals surface area contributed by atoms with Crippen molar-refractivity contribution in [2.45, 2.75) is 63.6 Å². The Morgan fingerprint density at radius 2 is 1.89 bits per heavy atom. The van der Waals surface area contributed by atoms with E-state index in [2.05, 4.69) is 5.32 Å². The summed E-state index contributed by atoms with van der Waals surface area (Å²) in [6, 6.07) is 1.17. The van der Waals surface area contributed by atoms with E-state index in [1.165, 1.54) is 44.9 Å². The Morgan fingerprint density at radius 3 is 2.61 bits per heavy atom.